The molecule has 2 rings (SSSR count). The van der Waals surface area contributed by atoms with E-state index in [1.807, 2.05) is 0 Å². The van der Waals surface area contributed by atoms with Crippen molar-refractivity contribution in [2.75, 3.05) is 25.6 Å². The van der Waals surface area contributed by atoms with Gasteiger partial charge in [0, 0.05) is 7.05 Å². The van der Waals surface area contributed by atoms with E-state index in [1.54, 1.807) is 31.2 Å². The largest absolute Gasteiger partial charge is 0.496 e. The average Bonchev–Trinajstić information content (AvgIpc) is 2.60. The van der Waals surface area contributed by atoms with Crippen molar-refractivity contribution >= 4 is 37.6 Å². The summed E-state index contributed by atoms with van der Waals surface area (Å²) in [5.41, 5.74) is 1.24. The van der Waals surface area contributed by atoms with E-state index < -0.39 is 16.0 Å². The number of hydrogen-bond acceptors (Lipinski definition) is 5. The summed E-state index contributed by atoms with van der Waals surface area (Å²) < 4.78 is 37.4. The third kappa shape index (κ3) is 3.64. The first kappa shape index (κ1) is 19.3. The van der Waals surface area contributed by atoms with Crippen molar-refractivity contribution in [2.24, 2.45) is 0 Å². The van der Waals surface area contributed by atoms with Crippen LogP contribution in [0.15, 0.2) is 45.8 Å². The molecule has 0 heterocycles. The average molecular weight is 428 g/mol. The number of carbonyl (C=O) groups excluding carboxylic acids is 1. The van der Waals surface area contributed by atoms with Gasteiger partial charge in [-0.25, -0.2) is 13.2 Å². The van der Waals surface area contributed by atoms with Gasteiger partial charge >= 0.3 is 5.97 Å². The Labute approximate surface area is 155 Å². The highest BCUT2D eigenvalue weighted by Crippen LogP contribution is 2.31. The number of ether oxygens (including phenoxy) is 2. The SMILES string of the molecule is COC(=O)c1cccc(N(C)S(=O)(=O)c2ccc(OC)c(Br)c2)c1C. The van der Waals surface area contributed by atoms with Crippen LogP contribution in [0.5, 0.6) is 5.75 Å². The van der Waals surface area contributed by atoms with Crippen LogP contribution in [0.4, 0.5) is 5.69 Å². The van der Waals surface area contributed by atoms with E-state index >= 15 is 0 Å². The molecule has 6 nitrogen and oxygen atoms in total. The van der Waals surface area contributed by atoms with Crippen LogP contribution in [-0.4, -0.2) is 35.7 Å². The zero-order chi connectivity index (χ0) is 18.8. The van der Waals surface area contributed by atoms with Crippen LogP contribution in [-0.2, 0) is 14.8 Å². The Bertz CT molecular complexity index is 911. The lowest BCUT2D eigenvalue weighted by Gasteiger charge is -2.22. The van der Waals surface area contributed by atoms with E-state index in [0.717, 1.165) is 4.31 Å². The number of rotatable bonds is 5. The second-order valence-electron chi connectivity index (χ2n) is 5.21. The number of carbonyl (C=O) groups is 1. The lowest BCUT2D eigenvalue weighted by molar-refractivity contribution is 0.0600. The van der Waals surface area contributed by atoms with Gasteiger partial charge in [0.25, 0.3) is 10.0 Å². The summed E-state index contributed by atoms with van der Waals surface area (Å²) >= 11 is 3.29. The van der Waals surface area contributed by atoms with Crippen molar-refractivity contribution in [3.63, 3.8) is 0 Å². The Morgan fingerprint density at radius 3 is 2.40 bits per heavy atom. The van der Waals surface area contributed by atoms with Gasteiger partial charge in [-0.3, -0.25) is 4.31 Å². The summed E-state index contributed by atoms with van der Waals surface area (Å²) in [6, 6.07) is 9.36. The van der Waals surface area contributed by atoms with Gasteiger partial charge in [0.15, 0.2) is 0 Å². The molecule has 8 heteroatoms. The molecule has 0 fully saturated rings. The molecule has 0 atom stereocenters. The number of nitrogens with zero attached hydrogens (tertiary/aromatic N) is 1. The number of esters is 1. The standard InChI is InChI=1S/C17H18BrNO5S/c1-11-13(17(20)24-4)6-5-7-15(11)19(2)25(21,22)12-8-9-16(23-3)14(18)10-12/h5-10H,1-4H3. The molecule has 0 aromatic heterocycles. The van der Waals surface area contributed by atoms with Crippen LogP contribution < -0.4 is 9.04 Å². The molecule has 0 saturated carbocycles. The second kappa shape index (κ2) is 7.45. The topological polar surface area (TPSA) is 72.9 Å². The van der Waals surface area contributed by atoms with Crippen LogP contribution in [0.1, 0.15) is 15.9 Å². The minimum absolute atomic E-state index is 0.102. The Morgan fingerprint density at radius 1 is 1.16 bits per heavy atom. The summed E-state index contributed by atoms with van der Waals surface area (Å²) in [6.07, 6.45) is 0. The van der Waals surface area contributed by atoms with Gasteiger partial charge in [-0.2, -0.15) is 0 Å². The van der Waals surface area contributed by atoms with Gasteiger partial charge in [0.05, 0.1) is 34.8 Å². The number of hydrogen-bond donors (Lipinski definition) is 0. The molecule has 0 radical (unpaired) electrons. The van der Waals surface area contributed by atoms with Crippen LogP contribution in [0.25, 0.3) is 0 Å². The van der Waals surface area contributed by atoms with E-state index in [0.29, 0.717) is 27.0 Å². The lowest BCUT2D eigenvalue weighted by Crippen LogP contribution is -2.27. The Kier molecular flexibility index (Phi) is 5.74. The molecule has 2 aromatic rings. The van der Waals surface area contributed by atoms with Crippen LogP contribution in [0.2, 0.25) is 0 Å². The second-order valence-corrected chi connectivity index (χ2v) is 8.03. The first-order chi connectivity index (χ1) is 11.7. The van der Waals surface area contributed by atoms with Crippen molar-refractivity contribution < 1.29 is 22.7 Å². The highest BCUT2D eigenvalue weighted by atomic mass is 79.9. The summed E-state index contributed by atoms with van der Waals surface area (Å²) in [5.74, 6) is 0.0165. The molecule has 0 aliphatic heterocycles. The minimum Gasteiger partial charge on any atom is -0.496 e. The summed E-state index contributed by atoms with van der Waals surface area (Å²) in [4.78, 5) is 11.9. The number of benzene rings is 2. The molecule has 0 spiro atoms. The van der Waals surface area contributed by atoms with E-state index in [9.17, 15) is 13.2 Å². The van der Waals surface area contributed by atoms with Crippen molar-refractivity contribution in [1.29, 1.82) is 0 Å². The quantitative estimate of drug-likeness (QED) is 0.683. The van der Waals surface area contributed by atoms with E-state index in [-0.39, 0.29) is 4.90 Å². The maximum absolute atomic E-state index is 12.9. The summed E-state index contributed by atoms with van der Waals surface area (Å²) in [5, 5.41) is 0. The molecule has 0 aliphatic carbocycles. The zero-order valence-electron chi connectivity index (χ0n) is 14.2. The van der Waals surface area contributed by atoms with Gasteiger partial charge in [0.1, 0.15) is 5.75 Å². The zero-order valence-corrected chi connectivity index (χ0v) is 16.6. The van der Waals surface area contributed by atoms with Crippen LogP contribution >= 0.6 is 15.9 Å². The highest BCUT2D eigenvalue weighted by Gasteiger charge is 2.25. The summed E-state index contributed by atoms with van der Waals surface area (Å²) in [7, 11) is 0.409. The molecule has 25 heavy (non-hydrogen) atoms. The van der Waals surface area contributed by atoms with E-state index in [2.05, 4.69) is 15.9 Å². The molecule has 0 bridgehead atoms. The lowest BCUT2D eigenvalue weighted by atomic mass is 10.1. The fraction of sp³-hybridized carbons (Fsp3) is 0.235. The molecule has 134 valence electrons. The smallest absolute Gasteiger partial charge is 0.338 e. The number of halogens is 1. The maximum Gasteiger partial charge on any atom is 0.338 e. The Hall–Kier alpha value is -2.06. The fourth-order valence-electron chi connectivity index (χ4n) is 2.39. The molecule has 2 aromatic carbocycles. The molecule has 0 saturated heterocycles. The van der Waals surface area contributed by atoms with Gasteiger partial charge in [-0.1, -0.05) is 6.07 Å². The molecular weight excluding hydrogens is 410 g/mol. The molecule has 0 amide bonds. The first-order valence-corrected chi connectivity index (χ1v) is 9.47. The van der Waals surface area contributed by atoms with Crippen molar-refractivity contribution in [1.82, 2.24) is 0 Å². The fourth-order valence-corrected chi connectivity index (χ4v) is 4.36. The highest BCUT2D eigenvalue weighted by molar-refractivity contribution is 9.10. The molecule has 0 N–H and O–H groups in total. The van der Waals surface area contributed by atoms with Gasteiger partial charge in [0.2, 0.25) is 0 Å². The third-order valence-corrected chi connectivity index (χ3v) is 6.22. The predicted molar refractivity (Wildman–Crippen MR) is 98.8 cm³/mol. The first-order valence-electron chi connectivity index (χ1n) is 7.24. The molecular formula is C17H18BrNO5S. The number of sulfonamides is 1. The van der Waals surface area contributed by atoms with Crippen molar-refractivity contribution in [2.45, 2.75) is 11.8 Å². The van der Waals surface area contributed by atoms with Crippen molar-refractivity contribution in [3.8, 4) is 5.75 Å². The van der Waals surface area contributed by atoms with Gasteiger partial charge in [-0.15, -0.1) is 0 Å². The molecule has 0 unspecified atom stereocenters. The van der Waals surface area contributed by atoms with E-state index in [4.69, 9.17) is 9.47 Å². The third-order valence-electron chi connectivity index (χ3n) is 3.83. The van der Waals surface area contributed by atoms with Gasteiger partial charge in [-0.05, 0) is 58.7 Å². The van der Waals surface area contributed by atoms with E-state index in [1.165, 1.54) is 33.4 Å². The normalized spacial score (nSPS) is 11.1. The predicted octanol–water partition coefficient (Wildman–Crippen LogP) is 3.38. The van der Waals surface area contributed by atoms with Crippen LogP contribution in [0, 0.1) is 6.92 Å². The Morgan fingerprint density at radius 2 is 1.84 bits per heavy atom. The number of methoxy groups -OCH3 is 2. The van der Waals surface area contributed by atoms with Crippen LogP contribution in [0.3, 0.4) is 0 Å². The Balaban J connectivity index is 2.51. The van der Waals surface area contributed by atoms with Crippen molar-refractivity contribution in [3.05, 3.63) is 52.0 Å². The monoisotopic (exact) mass is 427 g/mol. The van der Waals surface area contributed by atoms with Gasteiger partial charge < -0.3 is 9.47 Å². The maximum atomic E-state index is 12.9. The molecule has 0 aliphatic rings. The number of anilines is 1. The minimum atomic E-state index is -3.82. The summed E-state index contributed by atoms with van der Waals surface area (Å²) in [6.45, 7) is 1.68.